The molecule has 0 fully saturated rings. The summed E-state index contributed by atoms with van der Waals surface area (Å²) in [6.07, 6.45) is 6.78. The maximum absolute atomic E-state index is 11.6. The standard InChI is InChI=1S/C16H17NO/c1-2-3-10-17-15-7-5-4-6-13(15)14-11-12(18)8-9-16(14)17/h4-7,9,11H,2-3,8,10H2,1H3. The number of carbonyl (C=O) groups is 1. The molecule has 3 rings (SSSR count). The molecule has 0 bridgehead atoms. The summed E-state index contributed by atoms with van der Waals surface area (Å²) < 4.78 is 2.36. The second-order valence-corrected chi connectivity index (χ2v) is 4.84. The summed E-state index contributed by atoms with van der Waals surface area (Å²) in [4.78, 5) is 11.6. The zero-order valence-electron chi connectivity index (χ0n) is 10.6. The third-order valence-corrected chi connectivity index (χ3v) is 3.59. The first-order valence-corrected chi connectivity index (χ1v) is 6.63. The summed E-state index contributed by atoms with van der Waals surface area (Å²) in [5.74, 6) is 0.209. The second kappa shape index (κ2) is 4.45. The number of benzene rings is 1. The average molecular weight is 239 g/mol. The van der Waals surface area contributed by atoms with E-state index in [1.54, 1.807) is 6.08 Å². The van der Waals surface area contributed by atoms with Crippen LogP contribution in [0.25, 0.3) is 23.1 Å². The molecule has 18 heavy (non-hydrogen) atoms. The number of aromatic nitrogens is 1. The van der Waals surface area contributed by atoms with Crippen molar-refractivity contribution in [2.24, 2.45) is 0 Å². The predicted octanol–water partition coefficient (Wildman–Crippen LogP) is 1.98. The Balaban J connectivity index is 2.36. The van der Waals surface area contributed by atoms with E-state index in [2.05, 4.69) is 35.8 Å². The first-order chi connectivity index (χ1) is 8.81. The maximum Gasteiger partial charge on any atom is 0.160 e. The molecule has 0 atom stereocenters. The van der Waals surface area contributed by atoms with Gasteiger partial charge in [-0.1, -0.05) is 37.6 Å². The zero-order valence-corrected chi connectivity index (χ0v) is 10.6. The average Bonchev–Trinajstić information content (AvgIpc) is 2.70. The van der Waals surface area contributed by atoms with Crippen molar-refractivity contribution < 1.29 is 4.79 Å². The fourth-order valence-corrected chi connectivity index (χ4v) is 2.70. The first-order valence-electron chi connectivity index (χ1n) is 6.63. The van der Waals surface area contributed by atoms with E-state index < -0.39 is 0 Å². The Morgan fingerprint density at radius 2 is 2.11 bits per heavy atom. The lowest BCUT2D eigenvalue weighted by Gasteiger charge is -2.05. The Bertz CT molecular complexity index is 721. The largest absolute Gasteiger partial charge is 0.341 e. The Morgan fingerprint density at radius 3 is 2.94 bits per heavy atom. The number of hydrogen-bond acceptors (Lipinski definition) is 1. The summed E-state index contributed by atoms with van der Waals surface area (Å²) in [6.45, 7) is 3.24. The molecule has 0 saturated carbocycles. The Labute approximate surface area is 106 Å². The summed E-state index contributed by atoms with van der Waals surface area (Å²) in [7, 11) is 0. The Morgan fingerprint density at radius 1 is 1.28 bits per heavy atom. The van der Waals surface area contributed by atoms with Gasteiger partial charge in [-0.15, -0.1) is 0 Å². The highest BCUT2D eigenvalue weighted by molar-refractivity contribution is 6.10. The third kappa shape index (κ3) is 1.69. The number of para-hydroxylation sites is 1. The second-order valence-electron chi connectivity index (χ2n) is 4.84. The summed E-state index contributed by atoms with van der Waals surface area (Å²) in [5.41, 5.74) is 1.25. The Hall–Kier alpha value is -1.83. The zero-order chi connectivity index (χ0) is 12.5. The summed E-state index contributed by atoms with van der Waals surface area (Å²) in [6, 6.07) is 8.37. The molecule has 2 nitrogen and oxygen atoms in total. The molecule has 0 radical (unpaired) electrons. The number of Topliss-reactive ketones (excluding diaryl/α,β-unsaturated/α-hetero) is 1. The molecule has 0 amide bonds. The van der Waals surface area contributed by atoms with E-state index in [0.29, 0.717) is 6.42 Å². The van der Waals surface area contributed by atoms with Gasteiger partial charge < -0.3 is 4.57 Å². The normalized spacial score (nSPS) is 14.2. The molecule has 1 aliphatic carbocycles. The number of unbranched alkanes of at least 4 members (excludes halogenated alkanes) is 1. The van der Waals surface area contributed by atoms with Gasteiger partial charge in [0.05, 0.1) is 0 Å². The molecule has 0 unspecified atom stereocenters. The number of ketones is 1. The maximum atomic E-state index is 11.6. The van der Waals surface area contributed by atoms with Gasteiger partial charge in [-0.3, -0.25) is 4.79 Å². The van der Waals surface area contributed by atoms with Crippen molar-refractivity contribution in [3.05, 3.63) is 34.8 Å². The number of fused-ring (bicyclic) bond motifs is 3. The highest BCUT2D eigenvalue weighted by Gasteiger charge is 2.11. The third-order valence-electron chi connectivity index (χ3n) is 3.59. The van der Waals surface area contributed by atoms with E-state index in [1.165, 1.54) is 29.1 Å². The van der Waals surface area contributed by atoms with Crippen molar-refractivity contribution in [2.75, 3.05) is 0 Å². The van der Waals surface area contributed by atoms with Crippen LogP contribution in [-0.4, -0.2) is 10.4 Å². The monoisotopic (exact) mass is 239 g/mol. The minimum atomic E-state index is 0.209. The van der Waals surface area contributed by atoms with Gasteiger partial charge >= 0.3 is 0 Å². The van der Waals surface area contributed by atoms with Crippen LogP contribution < -0.4 is 10.6 Å². The minimum absolute atomic E-state index is 0.209. The topological polar surface area (TPSA) is 22.0 Å². The van der Waals surface area contributed by atoms with Crippen molar-refractivity contribution in [1.29, 1.82) is 0 Å². The number of carbonyl (C=O) groups excluding carboxylic acids is 1. The molecule has 1 aromatic carbocycles. The summed E-state index contributed by atoms with van der Waals surface area (Å²) in [5, 5.41) is 3.54. The molecule has 1 aliphatic rings. The number of aryl methyl sites for hydroxylation is 1. The number of nitrogens with zero attached hydrogens (tertiary/aromatic N) is 1. The molecule has 1 heterocycles. The molecule has 1 aromatic heterocycles. The van der Waals surface area contributed by atoms with Gasteiger partial charge in [-0.2, -0.15) is 0 Å². The molecular weight excluding hydrogens is 222 g/mol. The van der Waals surface area contributed by atoms with E-state index in [4.69, 9.17) is 0 Å². The van der Waals surface area contributed by atoms with Gasteiger partial charge in [0.15, 0.2) is 5.78 Å². The fraction of sp³-hybridized carbons (Fsp3) is 0.312. The highest BCUT2D eigenvalue weighted by Crippen LogP contribution is 2.11. The molecular formula is C16H17NO. The molecule has 2 heteroatoms. The van der Waals surface area contributed by atoms with Gasteiger partial charge in [0.2, 0.25) is 0 Å². The quantitative estimate of drug-likeness (QED) is 0.802. The van der Waals surface area contributed by atoms with Crippen LogP contribution >= 0.6 is 0 Å². The van der Waals surface area contributed by atoms with E-state index in [9.17, 15) is 4.79 Å². The van der Waals surface area contributed by atoms with Crippen molar-refractivity contribution in [3.63, 3.8) is 0 Å². The van der Waals surface area contributed by atoms with Gasteiger partial charge in [-0.05, 0) is 18.6 Å². The lowest BCUT2D eigenvalue weighted by molar-refractivity contribution is -0.112. The van der Waals surface area contributed by atoms with Crippen molar-refractivity contribution >= 4 is 28.8 Å². The first kappa shape index (κ1) is 11.3. The molecule has 2 aromatic rings. The highest BCUT2D eigenvalue weighted by atomic mass is 16.1. The van der Waals surface area contributed by atoms with Gasteiger partial charge in [0, 0.05) is 34.4 Å². The molecule has 0 aliphatic heterocycles. The van der Waals surface area contributed by atoms with Crippen LogP contribution in [0, 0.1) is 0 Å². The van der Waals surface area contributed by atoms with Crippen molar-refractivity contribution in [1.82, 2.24) is 4.57 Å². The van der Waals surface area contributed by atoms with Crippen molar-refractivity contribution in [2.45, 2.75) is 32.7 Å². The Kier molecular flexibility index (Phi) is 2.78. The van der Waals surface area contributed by atoms with Crippen LogP contribution in [0.2, 0.25) is 0 Å². The van der Waals surface area contributed by atoms with Gasteiger partial charge in [-0.25, -0.2) is 0 Å². The smallest absolute Gasteiger partial charge is 0.160 e. The summed E-state index contributed by atoms with van der Waals surface area (Å²) >= 11 is 0. The number of rotatable bonds is 3. The van der Waals surface area contributed by atoms with Crippen LogP contribution in [0.3, 0.4) is 0 Å². The lowest BCUT2D eigenvalue weighted by Crippen LogP contribution is -2.32. The predicted molar refractivity (Wildman–Crippen MR) is 74.7 cm³/mol. The van der Waals surface area contributed by atoms with Crippen LogP contribution in [0.15, 0.2) is 24.3 Å². The molecule has 0 saturated heterocycles. The fourth-order valence-electron chi connectivity index (χ4n) is 2.70. The van der Waals surface area contributed by atoms with E-state index >= 15 is 0 Å². The van der Waals surface area contributed by atoms with Gasteiger partial charge in [0.1, 0.15) is 0 Å². The lowest BCUT2D eigenvalue weighted by atomic mass is 10.1. The minimum Gasteiger partial charge on any atom is -0.341 e. The van der Waals surface area contributed by atoms with E-state index in [-0.39, 0.29) is 5.78 Å². The van der Waals surface area contributed by atoms with E-state index in [0.717, 1.165) is 11.8 Å². The van der Waals surface area contributed by atoms with Crippen LogP contribution in [0.5, 0.6) is 0 Å². The molecule has 92 valence electrons. The SMILES string of the molecule is CCCCn1c2c(c3ccccc31)=CC(=O)CC=2. The van der Waals surface area contributed by atoms with Gasteiger partial charge in [0.25, 0.3) is 0 Å². The molecule has 0 spiro atoms. The molecule has 0 N–H and O–H groups in total. The van der Waals surface area contributed by atoms with Crippen LogP contribution in [0.1, 0.15) is 26.2 Å². The number of hydrogen-bond donors (Lipinski definition) is 0. The van der Waals surface area contributed by atoms with Crippen LogP contribution in [-0.2, 0) is 11.3 Å². The van der Waals surface area contributed by atoms with Crippen molar-refractivity contribution in [3.8, 4) is 0 Å². The van der Waals surface area contributed by atoms with E-state index in [1.807, 2.05) is 6.07 Å². The van der Waals surface area contributed by atoms with Crippen LogP contribution in [0.4, 0.5) is 0 Å².